The summed E-state index contributed by atoms with van der Waals surface area (Å²) in [4.78, 5) is 3.97. The Morgan fingerprint density at radius 1 is 1.35 bits per heavy atom. The minimum Gasteiger partial charge on any atom is -0.397 e. The van der Waals surface area contributed by atoms with Crippen LogP contribution in [0.25, 0.3) is 11.4 Å². The quantitative estimate of drug-likeness (QED) is 0.832. The van der Waals surface area contributed by atoms with Crippen molar-refractivity contribution in [3.63, 3.8) is 0 Å². The molecule has 0 spiro atoms. The van der Waals surface area contributed by atoms with Crippen molar-refractivity contribution in [3.8, 4) is 11.4 Å². The summed E-state index contributed by atoms with van der Waals surface area (Å²) < 4.78 is 2.00. The van der Waals surface area contributed by atoms with Gasteiger partial charge in [-0.2, -0.15) is 0 Å². The van der Waals surface area contributed by atoms with Crippen molar-refractivity contribution in [1.82, 2.24) is 19.7 Å². The minimum atomic E-state index is 0.609. The zero-order chi connectivity index (χ0) is 12.3. The van der Waals surface area contributed by atoms with Crippen molar-refractivity contribution >= 4 is 11.6 Å². The third-order valence-corrected chi connectivity index (χ3v) is 2.49. The molecule has 6 heteroatoms. The lowest BCUT2D eigenvalue weighted by atomic mass is 10.2. The number of rotatable bonds is 4. The normalized spacial score (nSPS) is 10.5. The summed E-state index contributed by atoms with van der Waals surface area (Å²) >= 11 is 0. The van der Waals surface area contributed by atoms with Gasteiger partial charge >= 0.3 is 0 Å². The van der Waals surface area contributed by atoms with Crippen molar-refractivity contribution < 1.29 is 0 Å². The van der Waals surface area contributed by atoms with Crippen LogP contribution in [-0.2, 0) is 6.54 Å². The lowest BCUT2D eigenvalue weighted by Crippen LogP contribution is -2.07. The van der Waals surface area contributed by atoms with Gasteiger partial charge in [-0.3, -0.25) is 9.55 Å². The summed E-state index contributed by atoms with van der Waals surface area (Å²) in [5.74, 6) is 1.53. The Balaban J connectivity index is 2.49. The van der Waals surface area contributed by atoms with Crippen LogP contribution in [0.4, 0.5) is 11.6 Å². The SMILES string of the molecule is CCNc1nnc(-c2ccncc2N)n1CC. The van der Waals surface area contributed by atoms with Gasteiger partial charge < -0.3 is 11.1 Å². The second-order valence-corrected chi connectivity index (χ2v) is 3.58. The van der Waals surface area contributed by atoms with Crippen LogP contribution >= 0.6 is 0 Å². The van der Waals surface area contributed by atoms with Gasteiger partial charge in [0.15, 0.2) is 5.82 Å². The molecular weight excluding hydrogens is 216 g/mol. The summed E-state index contributed by atoms with van der Waals surface area (Å²) in [6, 6.07) is 1.85. The number of nitrogen functional groups attached to an aromatic ring is 1. The van der Waals surface area contributed by atoms with Gasteiger partial charge in [0.25, 0.3) is 0 Å². The molecule has 90 valence electrons. The van der Waals surface area contributed by atoms with Crippen molar-refractivity contribution in [2.45, 2.75) is 20.4 Å². The average Bonchev–Trinajstić information content (AvgIpc) is 2.73. The first-order valence-corrected chi connectivity index (χ1v) is 5.64. The monoisotopic (exact) mass is 232 g/mol. The van der Waals surface area contributed by atoms with Gasteiger partial charge in [-0.05, 0) is 19.9 Å². The Morgan fingerprint density at radius 3 is 2.82 bits per heavy atom. The fourth-order valence-electron chi connectivity index (χ4n) is 1.70. The van der Waals surface area contributed by atoms with Crippen LogP contribution in [0, 0.1) is 0 Å². The molecule has 0 saturated carbocycles. The summed E-state index contributed by atoms with van der Waals surface area (Å²) in [6.07, 6.45) is 3.32. The molecule has 0 atom stereocenters. The molecule has 0 aromatic carbocycles. The van der Waals surface area contributed by atoms with E-state index >= 15 is 0 Å². The number of hydrogen-bond donors (Lipinski definition) is 2. The molecule has 0 fully saturated rings. The molecule has 0 aliphatic rings. The van der Waals surface area contributed by atoms with Gasteiger partial charge in [-0.15, -0.1) is 10.2 Å². The molecule has 2 heterocycles. The number of hydrogen-bond acceptors (Lipinski definition) is 5. The predicted molar refractivity (Wildman–Crippen MR) is 67.5 cm³/mol. The Kier molecular flexibility index (Phi) is 3.22. The Bertz CT molecular complexity index is 504. The molecule has 0 radical (unpaired) electrons. The van der Waals surface area contributed by atoms with Crippen LogP contribution in [-0.4, -0.2) is 26.3 Å². The third kappa shape index (κ3) is 2.06. The first kappa shape index (κ1) is 11.4. The molecule has 0 unspecified atom stereocenters. The van der Waals surface area contributed by atoms with Crippen molar-refractivity contribution in [3.05, 3.63) is 18.5 Å². The highest BCUT2D eigenvalue weighted by molar-refractivity contribution is 5.71. The topological polar surface area (TPSA) is 81.7 Å². The highest BCUT2D eigenvalue weighted by Gasteiger charge is 2.13. The average molecular weight is 232 g/mol. The van der Waals surface area contributed by atoms with E-state index in [4.69, 9.17) is 5.73 Å². The Morgan fingerprint density at radius 2 is 2.18 bits per heavy atom. The largest absolute Gasteiger partial charge is 0.397 e. The van der Waals surface area contributed by atoms with Crippen LogP contribution in [0.15, 0.2) is 18.5 Å². The van der Waals surface area contributed by atoms with Gasteiger partial charge in [0.2, 0.25) is 5.95 Å². The lowest BCUT2D eigenvalue weighted by molar-refractivity contribution is 0.770. The molecular formula is C11H16N6. The predicted octanol–water partition coefficient (Wildman–Crippen LogP) is 1.37. The number of aromatic nitrogens is 4. The van der Waals surface area contributed by atoms with Gasteiger partial charge in [0.1, 0.15) is 0 Å². The zero-order valence-electron chi connectivity index (χ0n) is 10.0. The van der Waals surface area contributed by atoms with Crippen molar-refractivity contribution in [2.24, 2.45) is 0 Å². The number of nitrogens with one attached hydrogen (secondary N) is 1. The van der Waals surface area contributed by atoms with E-state index in [0.717, 1.165) is 30.4 Å². The van der Waals surface area contributed by atoms with E-state index in [9.17, 15) is 0 Å². The van der Waals surface area contributed by atoms with Crippen molar-refractivity contribution in [1.29, 1.82) is 0 Å². The number of nitrogens with zero attached hydrogens (tertiary/aromatic N) is 4. The zero-order valence-corrected chi connectivity index (χ0v) is 10.0. The second kappa shape index (κ2) is 4.82. The highest BCUT2D eigenvalue weighted by Crippen LogP contribution is 2.24. The highest BCUT2D eigenvalue weighted by atomic mass is 15.3. The molecule has 0 amide bonds. The van der Waals surface area contributed by atoms with Crippen LogP contribution in [0.3, 0.4) is 0 Å². The third-order valence-electron chi connectivity index (χ3n) is 2.49. The molecule has 0 saturated heterocycles. The maximum absolute atomic E-state index is 5.90. The minimum absolute atomic E-state index is 0.609. The summed E-state index contributed by atoms with van der Waals surface area (Å²) in [7, 11) is 0. The molecule has 0 aliphatic heterocycles. The van der Waals surface area contributed by atoms with Gasteiger partial charge in [-0.25, -0.2) is 0 Å². The van der Waals surface area contributed by atoms with Crippen molar-refractivity contribution in [2.75, 3.05) is 17.6 Å². The number of pyridine rings is 1. The Labute approximate surface area is 99.9 Å². The number of nitrogens with two attached hydrogens (primary N) is 1. The van der Waals surface area contributed by atoms with Gasteiger partial charge in [0, 0.05) is 24.8 Å². The van der Waals surface area contributed by atoms with Crippen LogP contribution < -0.4 is 11.1 Å². The maximum Gasteiger partial charge on any atom is 0.224 e. The molecule has 2 aromatic rings. The van der Waals surface area contributed by atoms with Crippen LogP contribution in [0.2, 0.25) is 0 Å². The molecule has 6 nitrogen and oxygen atoms in total. The standard InChI is InChI=1S/C11H16N6/c1-3-14-11-16-15-10(17(11)4-2)8-5-6-13-7-9(8)12/h5-7H,3-4,12H2,1-2H3,(H,14,16). The smallest absolute Gasteiger partial charge is 0.224 e. The Hall–Kier alpha value is -2.11. The van der Waals surface area contributed by atoms with E-state index in [1.807, 2.05) is 24.5 Å². The molecule has 0 bridgehead atoms. The maximum atomic E-state index is 5.90. The van der Waals surface area contributed by atoms with Gasteiger partial charge in [-0.1, -0.05) is 0 Å². The molecule has 2 rings (SSSR count). The first-order valence-electron chi connectivity index (χ1n) is 5.64. The lowest BCUT2D eigenvalue weighted by Gasteiger charge is -2.08. The summed E-state index contributed by atoms with van der Waals surface area (Å²) in [6.45, 7) is 5.66. The first-order chi connectivity index (χ1) is 8.27. The van der Waals surface area contributed by atoms with E-state index in [1.165, 1.54) is 0 Å². The van der Waals surface area contributed by atoms with E-state index in [1.54, 1.807) is 12.4 Å². The molecule has 2 aromatic heterocycles. The van der Waals surface area contributed by atoms with E-state index in [0.29, 0.717) is 5.69 Å². The summed E-state index contributed by atoms with van der Waals surface area (Å²) in [5.41, 5.74) is 7.36. The van der Waals surface area contributed by atoms with E-state index in [-0.39, 0.29) is 0 Å². The van der Waals surface area contributed by atoms with Crippen LogP contribution in [0.1, 0.15) is 13.8 Å². The van der Waals surface area contributed by atoms with E-state index < -0.39 is 0 Å². The fraction of sp³-hybridized carbons (Fsp3) is 0.364. The number of anilines is 2. The second-order valence-electron chi connectivity index (χ2n) is 3.58. The molecule has 17 heavy (non-hydrogen) atoms. The van der Waals surface area contributed by atoms with Gasteiger partial charge in [0.05, 0.1) is 11.9 Å². The van der Waals surface area contributed by atoms with Crippen LogP contribution in [0.5, 0.6) is 0 Å². The molecule has 0 aliphatic carbocycles. The summed E-state index contributed by atoms with van der Waals surface area (Å²) in [5, 5.41) is 11.5. The van der Waals surface area contributed by atoms with E-state index in [2.05, 4.69) is 20.5 Å². The fourth-order valence-corrected chi connectivity index (χ4v) is 1.70. The molecule has 3 N–H and O–H groups in total.